The number of carbonyl (C=O) groups is 2. The Kier molecular flexibility index (Phi) is 3.03. The summed E-state index contributed by atoms with van der Waals surface area (Å²) in [5.41, 5.74) is 0.235. The molecule has 0 radical (unpaired) electrons. The van der Waals surface area contributed by atoms with Crippen molar-refractivity contribution in [1.82, 2.24) is 4.57 Å². The van der Waals surface area contributed by atoms with Crippen LogP contribution in [0.1, 0.15) is 23.5 Å². The Morgan fingerprint density at radius 1 is 1.64 bits per heavy atom. The van der Waals surface area contributed by atoms with E-state index in [1.807, 2.05) is 0 Å². The summed E-state index contributed by atoms with van der Waals surface area (Å²) in [6.07, 6.45) is 0.951. The first-order valence-corrected chi connectivity index (χ1v) is 4.11. The second kappa shape index (κ2) is 4.06. The minimum Gasteiger partial charge on any atom is -0.480 e. The van der Waals surface area contributed by atoms with Crippen LogP contribution in [0.5, 0.6) is 0 Å². The standard InChI is InChI=1S/C9H11NO4/c1-6(12)8(9(13)14)10-4-2-3-7(10)5-11/h2-6,8,12H,1H3,(H,13,14)/t6-,8-/m0/s1. The Morgan fingerprint density at radius 2 is 2.29 bits per heavy atom. The number of aldehydes is 1. The van der Waals surface area contributed by atoms with Gasteiger partial charge in [0.1, 0.15) is 0 Å². The van der Waals surface area contributed by atoms with E-state index in [4.69, 9.17) is 5.11 Å². The topological polar surface area (TPSA) is 79.5 Å². The van der Waals surface area contributed by atoms with Crippen molar-refractivity contribution in [3.05, 3.63) is 24.0 Å². The normalized spacial score (nSPS) is 14.7. The van der Waals surface area contributed by atoms with Gasteiger partial charge in [-0.05, 0) is 19.1 Å². The monoisotopic (exact) mass is 197 g/mol. The zero-order chi connectivity index (χ0) is 10.7. The number of aromatic nitrogens is 1. The molecule has 0 aromatic carbocycles. The van der Waals surface area contributed by atoms with Gasteiger partial charge in [-0.3, -0.25) is 4.79 Å². The van der Waals surface area contributed by atoms with Crippen LogP contribution in [-0.4, -0.2) is 33.1 Å². The Hall–Kier alpha value is -1.62. The van der Waals surface area contributed by atoms with Gasteiger partial charge in [0.15, 0.2) is 12.3 Å². The van der Waals surface area contributed by atoms with Crippen LogP contribution in [0.2, 0.25) is 0 Å². The van der Waals surface area contributed by atoms with Crippen LogP contribution in [0.3, 0.4) is 0 Å². The number of aliphatic carboxylic acids is 1. The highest BCUT2D eigenvalue weighted by molar-refractivity contribution is 5.77. The summed E-state index contributed by atoms with van der Waals surface area (Å²) < 4.78 is 1.24. The molecule has 0 aliphatic heterocycles. The van der Waals surface area contributed by atoms with Crippen LogP contribution < -0.4 is 0 Å². The predicted octanol–water partition coefficient (Wildman–Crippen LogP) is 0.307. The van der Waals surface area contributed by atoms with Gasteiger partial charge in [-0.1, -0.05) is 0 Å². The lowest BCUT2D eigenvalue weighted by Crippen LogP contribution is -2.29. The number of carboxylic acids is 1. The minimum atomic E-state index is -1.17. The fourth-order valence-corrected chi connectivity index (χ4v) is 1.32. The third kappa shape index (κ3) is 1.82. The average Bonchev–Trinajstić information content (AvgIpc) is 2.51. The van der Waals surface area contributed by atoms with E-state index in [-0.39, 0.29) is 5.69 Å². The lowest BCUT2D eigenvalue weighted by Gasteiger charge is -2.18. The summed E-state index contributed by atoms with van der Waals surface area (Å²) in [6.45, 7) is 1.37. The Bertz CT molecular complexity index is 342. The van der Waals surface area contributed by atoms with Gasteiger partial charge in [0.25, 0.3) is 0 Å². The van der Waals surface area contributed by atoms with Gasteiger partial charge in [-0.25, -0.2) is 4.79 Å². The summed E-state index contributed by atoms with van der Waals surface area (Å²) in [6, 6.07) is 1.93. The molecule has 2 N–H and O–H groups in total. The fourth-order valence-electron chi connectivity index (χ4n) is 1.32. The van der Waals surface area contributed by atoms with E-state index in [2.05, 4.69) is 0 Å². The third-order valence-electron chi connectivity index (χ3n) is 1.94. The molecule has 5 heteroatoms. The van der Waals surface area contributed by atoms with Crippen LogP contribution in [0, 0.1) is 0 Å². The van der Waals surface area contributed by atoms with Crippen molar-refractivity contribution in [1.29, 1.82) is 0 Å². The highest BCUT2D eigenvalue weighted by Crippen LogP contribution is 2.15. The van der Waals surface area contributed by atoms with E-state index in [9.17, 15) is 14.7 Å². The molecule has 0 aliphatic carbocycles. The Labute approximate surface area is 80.6 Å². The van der Waals surface area contributed by atoms with E-state index in [0.717, 1.165) is 0 Å². The average molecular weight is 197 g/mol. The molecule has 0 spiro atoms. The maximum absolute atomic E-state index is 10.8. The molecule has 1 heterocycles. The molecule has 0 bridgehead atoms. The first-order valence-electron chi connectivity index (χ1n) is 4.11. The second-order valence-electron chi connectivity index (χ2n) is 2.98. The highest BCUT2D eigenvalue weighted by atomic mass is 16.4. The molecule has 0 aliphatic rings. The third-order valence-corrected chi connectivity index (χ3v) is 1.94. The number of nitrogens with zero attached hydrogens (tertiary/aromatic N) is 1. The molecule has 76 valence electrons. The number of carboxylic acid groups (broad SMARTS) is 1. The van der Waals surface area contributed by atoms with Crippen LogP contribution in [-0.2, 0) is 4.79 Å². The molecule has 0 unspecified atom stereocenters. The van der Waals surface area contributed by atoms with Gasteiger partial charge in [0.05, 0.1) is 11.8 Å². The molecule has 0 amide bonds. The quantitative estimate of drug-likeness (QED) is 0.680. The SMILES string of the molecule is C[C@H](O)[C@@H](C(=O)O)n1cccc1C=O. The van der Waals surface area contributed by atoms with Gasteiger partial charge >= 0.3 is 5.97 Å². The van der Waals surface area contributed by atoms with Crippen molar-refractivity contribution < 1.29 is 19.8 Å². The molecule has 1 aromatic heterocycles. The van der Waals surface area contributed by atoms with Gasteiger partial charge in [-0.15, -0.1) is 0 Å². The van der Waals surface area contributed by atoms with Crippen molar-refractivity contribution in [3.63, 3.8) is 0 Å². The first-order chi connectivity index (χ1) is 6.57. The fraction of sp³-hybridized carbons (Fsp3) is 0.333. The predicted molar refractivity (Wildman–Crippen MR) is 48.2 cm³/mol. The van der Waals surface area contributed by atoms with Gasteiger partial charge in [-0.2, -0.15) is 0 Å². The maximum atomic E-state index is 10.8. The van der Waals surface area contributed by atoms with E-state index >= 15 is 0 Å². The molecular weight excluding hydrogens is 186 g/mol. The molecule has 0 saturated heterocycles. The Morgan fingerprint density at radius 3 is 2.71 bits per heavy atom. The summed E-state index contributed by atoms with van der Waals surface area (Å²) in [4.78, 5) is 21.4. The minimum absolute atomic E-state index is 0.235. The van der Waals surface area contributed by atoms with Gasteiger partial charge < -0.3 is 14.8 Å². The van der Waals surface area contributed by atoms with Crippen LogP contribution in [0.15, 0.2) is 18.3 Å². The maximum Gasteiger partial charge on any atom is 0.329 e. The van der Waals surface area contributed by atoms with E-state index in [0.29, 0.717) is 6.29 Å². The summed E-state index contributed by atoms with van der Waals surface area (Å²) in [5.74, 6) is -1.17. The summed E-state index contributed by atoms with van der Waals surface area (Å²) in [7, 11) is 0. The summed E-state index contributed by atoms with van der Waals surface area (Å²) in [5, 5.41) is 18.1. The molecule has 1 aromatic rings. The lowest BCUT2D eigenvalue weighted by molar-refractivity contribution is -0.144. The molecule has 14 heavy (non-hydrogen) atoms. The van der Waals surface area contributed by atoms with Crippen molar-refractivity contribution in [3.8, 4) is 0 Å². The van der Waals surface area contributed by atoms with Crippen molar-refractivity contribution >= 4 is 12.3 Å². The zero-order valence-electron chi connectivity index (χ0n) is 7.62. The molecular formula is C9H11NO4. The van der Waals surface area contributed by atoms with Crippen molar-refractivity contribution in [2.75, 3.05) is 0 Å². The van der Waals surface area contributed by atoms with Crippen LogP contribution in [0.25, 0.3) is 0 Å². The highest BCUT2D eigenvalue weighted by Gasteiger charge is 2.25. The molecule has 5 nitrogen and oxygen atoms in total. The zero-order valence-corrected chi connectivity index (χ0v) is 7.62. The second-order valence-corrected chi connectivity index (χ2v) is 2.98. The largest absolute Gasteiger partial charge is 0.480 e. The van der Waals surface area contributed by atoms with Crippen molar-refractivity contribution in [2.24, 2.45) is 0 Å². The number of hydrogen-bond donors (Lipinski definition) is 2. The van der Waals surface area contributed by atoms with E-state index < -0.39 is 18.1 Å². The first kappa shape index (κ1) is 10.5. The number of aliphatic hydroxyl groups excluding tert-OH is 1. The van der Waals surface area contributed by atoms with E-state index in [1.54, 1.807) is 6.07 Å². The van der Waals surface area contributed by atoms with E-state index in [1.165, 1.54) is 23.8 Å². The lowest BCUT2D eigenvalue weighted by atomic mass is 10.2. The van der Waals surface area contributed by atoms with Gasteiger partial charge in [0.2, 0.25) is 0 Å². The number of hydrogen-bond acceptors (Lipinski definition) is 3. The summed E-state index contributed by atoms with van der Waals surface area (Å²) >= 11 is 0. The number of rotatable bonds is 4. The van der Waals surface area contributed by atoms with Crippen LogP contribution >= 0.6 is 0 Å². The smallest absolute Gasteiger partial charge is 0.329 e. The molecule has 1 rings (SSSR count). The molecule has 0 saturated carbocycles. The van der Waals surface area contributed by atoms with Crippen LogP contribution in [0.4, 0.5) is 0 Å². The van der Waals surface area contributed by atoms with Gasteiger partial charge in [0, 0.05) is 6.20 Å². The van der Waals surface area contributed by atoms with Crippen molar-refractivity contribution in [2.45, 2.75) is 19.1 Å². The molecule has 2 atom stereocenters. The molecule has 0 fully saturated rings. The number of carbonyl (C=O) groups excluding carboxylic acids is 1. The number of aliphatic hydroxyl groups is 1. The Balaban J connectivity index is 3.11.